The molecule has 0 saturated heterocycles. The fraction of sp³-hybridized carbons (Fsp3) is 0.371. The second-order valence-corrected chi connectivity index (χ2v) is 12.3. The predicted octanol–water partition coefficient (Wildman–Crippen LogP) is 6.62. The van der Waals surface area contributed by atoms with Crippen LogP contribution >= 0.6 is 11.3 Å². The summed E-state index contributed by atoms with van der Waals surface area (Å²) in [5.41, 5.74) is 3.67. The minimum absolute atomic E-state index is 0.0277. The Morgan fingerprint density at radius 1 is 0.830 bits per heavy atom. The van der Waals surface area contributed by atoms with Crippen molar-refractivity contribution in [2.45, 2.75) is 71.6 Å². The van der Waals surface area contributed by atoms with E-state index in [9.17, 15) is 23.6 Å². The molecule has 0 unspecified atom stereocenters. The van der Waals surface area contributed by atoms with Crippen LogP contribution in [-0.4, -0.2) is 46.7 Å². The van der Waals surface area contributed by atoms with Crippen LogP contribution in [0.15, 0.2) is 54.7 Å². The molecule has 2 heterocycles. The van der Waals surface area contributed by atoms with E-state index in [1.54, 1.807) is 12.3 Å². The van der Waals surface area contributed by atoms with Gasteiger partial charge in [0.05, 0.1) is 21.6 Å². The quantitative estimate of drug-likeness (QED) is 0.0938. The van der Waals surface area contributed by atoms with Gasteiger partial charge in [-0.3, -0.25) is 24.2 Å². The molecule has 0 aliphatic heterocycles. The van der Waals surface area contributed by atoms with Crippen LogP contribution in [0, 0.1) is 5.82 Å². The van der Waals surface area contributed by atoms with E-state index in [4.69, 9.17) is 0 Å². The van der Waals surface area contributed by atoms with Gasteiger partial charge in [0.15, 0.2) is 5.13 Å². The molecule has 4 amide bonds. The Hall–Kier alpha value is -4.71. The minimum atomic E-state index is -0.508. The summed E-state index contributed by atoms with van der Waals surface area (Å²) in [7, 11) is 0. The lowest BCUT2D eigenvalue weighted by Crippen LogP contribution is -2.25. The summed E-state index contributed by atoms with van der Waals surface area (Å²) in [6, 6.07) is 13.0. The first-order valence-corrected chi connectivity index (χ1v) is 16.8. The van der Waals surface area contributed by atoms with Crippen LogP contribution in [0.2, 0.25) is 0 Å². The van der Waals surface area contributed by atoms with E-state index in [2.05, 4.69) is 38.2 Å². The highest BCUT2D eigenvalue weighted by molar-refractivity contribution is 7.22. The van der Waals surface area contributed by atoms with Gasteiger partial charge in [-0.1, -0.05) is 43.2 Å². The summed E-state index contributed by atoms with van der Waals surface area (Å²) in [5.74, 6) is -1.11. The molecule has 0 spiro atoms. The molecule has 12 heteroatoms. The average Bonchev–Trinajstić information content (AvgIpc) is 3.45. The summed E-state index contributed by atoms with van der Waals surface area (Å²) in [4.78, 5) is 57.6. The van der Waals surface area contributed by atoms with Crippen molar-refractivity contribution in [3.63, 3.8) is 0 Å². The molecular formula is C35H41FN6O4S. The van der Waals surface area contributed by atoms with Gasteiger partial charge in [0, 0.05) is 50.2 Å². The third-order valence-corrected chi connectivity index (χ3v) is 8.32. The third-order valence-electron chi connectivity index (χ3n) is 7.38. The van der Waals surface area contributed by atoms with E-state index >= 15 is 0 Å². The van der Waals surface area contributed by atoms with Crippen LogP contribution in [0.1, 0.15) is 81.3 Å². The average molecular weight is 661 g/mol. The van der Waals surface area contributed by atoms with Crippen LogP contribution in [-0.2, 0) is 20.8 Å². The number of aromatic nitrogens is 2. The number of unbranched alkanes of at least 4 members (excludes halogenated alkanes) is 3. The van der Waals surface area contributed by atoms with Gasteiger partial charge in [-0.25, -0.2) is 9.37 Å². The van der Waals surface area contributed by atoms with E-state index in [1.807, 2.05) is 24.3 Å². The molecule has 0 radical (unpaired) electrons. The van der Waals surface area contributed by atoms with Gasteiger partial charge in [0.2, 0.25) is 17.7 Å². The zero-order chi connectivity index (χ0) is 33.6. The Morgan fingerprint density at radius 2 is 1.60 bits per heavy atom. The van der Waals surface area contributed by atoms with Gasteiger partial charge in [0.25, 0.3) is 5.91 Å². The molecule has 4 rings (SSSR count). The molecule has 0 atom stereocenters. The van der Waals surface area contributed by atoms with Crippen molar-refractivity contribution in [2.24, 2.45) is 0 Å². The monoisotopic (exact) mass is 660 g/mol. The van der Waals surface area contributed by atoms with E-state index in [0.29, 0.717) is 55.3 Å². The summed E-state index contributed by atoms with van der Waals surface area (Å²) in [6.45, 7) is 4.57. The van der Waals surface area contributed by atoms with Gasteiger partial charge < -0.3 is 21.3 Å². The molecule has 4 N–H and O–H groups in total. The van der Waals surface area contributed by atoms with Crippen molar-refractivity contribution in [2.75, 3.05) is 23.7 Å². The lowest BCUT2D eigenvalue weighted by atomic mass is 10.0. The topological polar surface area (TPSA) is 142 Å². The van der Waals surface area contributed by atoms with E-state index in [1.165, 1.54) is 36.5 Å². The second-order valence-electron chi connectivity index (χ2n) is 11.3. The van der Waals surface area contributed by atoms with Crippen LogP contribution in [0.3, 0.4) is 0 Å². The smallest absolute Gasteiger partial charge is 0.255 e. The molecule has 47 heavy (non-hydrogen) atoms. The van der Waals surface area contributed by atoms with Crippen LogP contribution < -0.4 is 21.3 Å². The van der Waals surface area contributed by atoms with Crippen LogP contribution in [0.4, 0.5) is 15.2 Å². The van der Waals surface area contributed by atoms with Gasteiger partial charge in [-0.2, -0.15) is 0 Å². The van der Waals surface area contributed by atoms with Crippen molar-refractivity contribution >= 4 is 56.0 Å². The van der Waals surface area contributed by atoms with Gasteiger partial charge in [-0.05, 0) is 74.1 Å². The maximum atomic E-state index is 13.8. The zero-order valence-electron chi connectivity index (χ0n) is 26.8. The maximum Gasteiger partial charge on any atom is 0.255 e. The molecule has 0 aliphatic carbocycles. The predicted molar refractivity (Wildman–Crippen MR) is 184 cm³/mol. The Kier molecular flexibility index (Phi) is 13.3. The summed E-state index contributed by atoms with van der Waals surface area (Å²) in [5, 5.41) is 12.0. The number of nitrogens with one attached hydrogen (secondary N) is 4. The third kappa shape index (κ3) is 11.2. The number of hydrogen-bond acceptors (Lipinski definition) is 7. The summed E-state index contributed by atoms with van der Waals surface area (Å²) in [6.07, 6.45) is 8.14. The highest BCUT2D eigenvalue weighted by Crippen LogP contribution is 2.32. The molecule has 4 aromatic rings. The van der Waals surface area contributed by atoms with Crippen molar-refractivity contribution in [3.8, 4) is 11.1 Å². The lowest BCUT2D eigenvalue weighted by molar-refractivity contribution is -0.122. The number of amides is 4. The molecule has 10 nitrogen and oxygen atoms in total. The molecule has 2 aromatic heterocycles. The number of halogens is 1. The number of hydrogen-bond donors (Lipinski definition) is 4. The summed E-state index contributed by atoms with van der Waals surface area (Å²) < 4.78 is 14.7. The van der Waals surface area contributed by atoms with Crippen molar-refractivity contribution in [1.82, 2.24) is 20.6 Å². The number of carbonyl (C=O) groups excluding carboxylic acids is 4. The van der Waals surface area contributed by atoms with E-state index in [-0.39, 0.29) is 23.3 Å². The van der Waals surface area contributed by atoms with E-state index in [0.717, 1.165) is 53.4 Å². The molecule has 0 aliphatic rings. The maximum absolute atomic E-state index is 13.8. The summed E-state index contributed by atoms with van der Waals surface area (Å²) >= 11 is 1.36. The number of pyridine rings is 1. The highest BCUT2D eigenvalue weighted by Gasteiger charge is 2.14. The zero-order valence-corrected chi connectivity index (χ0v) is 27.6. The highest BCUT2D eigenvalue weighted by atomic mass is 32.1. The second kappa shape index (κ2) is 17.8. The molecular weight excluding hydrogens is 619 g/mol. The largest absolute Gasteiger partial charge is 0.356 e. The SMILES string of the molecule is CCCCC(=O)NCCCCCC(=O)NCCCc1ncc(-c2ccc3nc(NC(C)=O)sc3c2)cc1NC(=O)c1cccc(F)c1. The van der Waals surface area contributed by atoms with Crippen LogP contribution in [0.5, 0.6) is 0 Å². The molecule has 248 valence electrons. The fourth-order valence-corrected chi connectivity index (χ4v) is 5.85. The number of benzene rings is 2. The first-order chi connectivity index (χ1) is 22.7. The number of fused-ring (bicyclic) bond motifs is 1. The molecule has 0 bridgehead atoms. The number of rotatable bonds is 17. The first kappa shape index (κ1) is 35.1. The van der Waals surface area contributed by atoms with Gasteiger partial charge >= 0.3 is 0 Å². The standard InChI is InChI=1S/C35H41FN6O4S/c1-3-4-13-32(44)37-17-7-5-6-14-33(45)38-18-9-12-28-30(41-34(46)25-10-8-11-27(36)19-25)20-26(22-39-28)24-15-16-29-31(21-24)47-35(42-29)40-23(2)43/h8,10-11,15-16,19-22H,3-7,9,12-14,17-18H2,1-2H3,(H,37,44)(H,38,45)(H,41,46)(H,40,42,43). The lowest BCUT2D eigenvalue weighted by Gasteiger charge is -2.13. The molecule has 2 aromatic carbocycles. The number of aryl methyl sites for hydroxylation is 1. The Bertz CT molecular complexity index is 1710. The Morgan fingerprint density at radius 3 is 2.34 bits per heavy atom. The normalized spacial score (nSPS) is 10.9. The number of nitrogens with zero attached hydrogens (tertiary/aromatic N) is 2. The van der Waals surface area contributed by atoms with Crippen molar-refractivity contribution in [1.29, 1.82) is 0 Å². The van der Waals surface area contributed by atoms with Crippen molar-refractivity contribution < 1.29 is 23.6 Å². The minimum Gasteiger partial charge on any atom is -0.356 e. The molecule has 0 saturated carbocycles. The number of thiazole rings is 1. The Balaban J connectivity index is 1.35. The Labute approximate surface area is 278 Å². The fourth-order valence-electron chi connectivity index (χ4n) is 4.90. The van der Waals surface area contributed by atoms with Crippen LogP contribution in [0.25, 0.3) is 21.3 Å². The number of carbonyl (C=O) groups is 4. The van der Waals surface area contributed by atoms with Gasteiger partial charge in [-0.15, -0.1) is 0 Å². The van der Waals surface area contributed by atoms with Gasteiger partial charge in [0.1, 0.15) is 5.82 Å². The molecule has 0 fully saturated rings. The van der Waals surface area contributed by atoms with Crippen molar-refractivity contribution in [3.05, 3.63) is 71.8 Å². The number of anilines is 2. The van der Waals surface area contributed by atoms with E-state index < -0.39 is 11.7 Å². The first-order valence-electron chi connectivity index (χ1n) is 16.0.